The minimum atomic E-state index is -3.75. The number of hydrogen-bond donors (Lipinski definition) is 1. The van der Waals surface area contributed by atoms with Crippen molar-refractivity contribution in [2.24, 2.45) is 0 Å². The van der Waals surface area contributed by atoms with Gasteiger partial charge in [-0.1, -0.05) is 24.3 Å². The molecule has 1 aromatic heterocycles. The van der Waals surface area contributed by atoms with E-state index in [-0.39, 0.29) is 22.9 Å². The van der Waals surface area contributed by atoms with E-state index in [0.717, 1.165) is 12.0 Å². The number of rotatable bonds is 4. The number of sulfonamides is 1. The Morgan fingerprint density at radius 2 is 1.97 bits per heavy atom. The first-order valence-electron chi connectivity index (χ1n) is 9.56. The van der Waals surface area contributed by atoms with Crippen molar-refractivity contribution in [3.05, 3.63) is 76.8 Å². The molecule has 1 amide bonds. The Labute approximate surface area is 178 Å². The van der Waals surface area contributed by atoms with Gasteiger partial charge in [0.2, 0.25) is 0 Å². The third kappa shape index (κ3) is 3.38. The predicted molar refractivity (Wildman–Crippen MR) is 113 cm³/mol. The maximum atomic E-state index is 13.3. The van der Waals surface area contributed by atoms with Gasteiger partial charge >= 0.3 is 0 Å². The Hall–Kier alpha value is -2.75. The lowest BCUT2D eigenvalue weighted by atomic mass is 10.0. The number of fused-ring (bicyclic) bond motifs is 3. The van der Waals surface area contributed by atoms with Crippen molar-refractivity contribution in [3.8, 4) is 0 Å². The number of carbonyl (C=O) groups excluding carboxylic acids is 1. The highest BCUT2D eigenvalue weighted by Gasteiger charge is 2.42. The molecule has 5 rings (SSSR count). The molecule has 2 heterocycles. The number of hydrogen-bond acceptors (Lipinski definition) is 6. The van der Waals surface area contributed by atoms with E-state index < -0.39 is 10.0 Å². The number of nitrogens with one attached hydrogen (secondary N) is 1. The van der Waals surface area contributed by atoms with Gasteiger partial charge in [0.15, 0.2) is 5.13 Å². The van der Waals surface area contributed by atoms with E-state index in [9.17, 15) is 13.2 Å². The maximum Gasteiger partial charge on any atom is 0.263 e. The lowest BCUT2D eigenvalue weighted by Crippen LogP contribution is -2.46. The van der Waals surface area contributed by atoms with Crippen LogP contribution in [0.5, 0.6) is 0 Å². The van der Waals surface area contributed by atoms with E-state index in [4.69, 9.17) is 4.74 Å². The molecule has 0 spiro atoms. The summed E-state index contributed by atoms with van der Waals surface area (Å²) in [6, 6.07) is 14.0. The second-order valence-electron chi connectivity index (χ2n) is 7.22. The van der Waals surface area contributed by atoms with Crippen LogP contribution in [0.25, 0.3) is 0 Å². The summed E-state index contributed by atoms with van der Waals surface area (Å²) >= 11 is 1.20. The van der Waals surface area contributed by atoms with Crippen LogP contribution < -0.4 is 4.72 Å². The SMILES string of the molecule is O=C(c1ccc(S(=O)(=O)Nc2nccs2)cc1)N1CCO[C@H]2Cc3ccccc3[C@H]21. The molecule has 1 fully saturated rings. The highest BCUT2D eigenvalue weighted by Crippen LogP contribution is 2.40. The summed E-state index contributed by atoms with van der Waals surface area (Å²) in [5.41, 5.74) is 2.79. The third-order valence-corrected chi connectivity index (χ3v) is 7.65. The van der Waals surface area contributed by atoms with Crippen LogP contribution in [-0.4, -0.2) is 43.5 Å². The normalized spacial score (nSPS) is 20.5. The molecule has 7 nitrogen and oxygen atoms in total. The molecule has 2 aliphatic rings. The highest BCUT2D eigenvalue weighted by molar-refractivity contribution is 7.93. The van der Waals surface area contributed by atoms with Crippen molar-refractivity contribution in [2.75, 3.05) is 17.9 Å². The van der Waals surface area contributed by atoms with Crippen LogP contribution in [0.15, 0.2) is 65.0 Å². The number of anilines is 1. The molecule has 30 heavy (non-hydrogen) atoms. The number of benzene rings is 2. The number of morpholine rings is 1. The zero-order valence-corrected chi connectivity index (χ0v) is 17.5. The van der Waals surface area contributed by atoms with Gasteiger partial charge in [-0.05, 0) is 35.4 Å². The van der Waals surface area contributed by atoms with Gasteiger partial charge < -0.3 is 9.64 Å². The van der Waals surface area contributed by atoms with E-state index in [1.165, 1.54) is 35.2 Å². The first-order valence-corrected chi connectivity index (χ1v) is 11.9. The van der Waals surface area contributed by atoms with Crippen molar-refractivity contribution in [1.82, 2.24) is 9.88 Å². The summed E-state index contributed by atoms with van der Waals surface area (Å²) in [4.78, 5) is 19.1. The fourth-order valence-electron chi connectivity index (χ4n) is 4.12. The van der Waals surface area contributed by atoms with E-state index in [2.05, 4.69) is 21.8 Å². The van der Waals surface area contributed by atoms with E-state index in [1.54, 1.807) is 17.5 Å². The van der Waals surface area contributed by atoms with Crippen LogP contribution in [-0.2, 0) is 21.2 Å². The number of aromatic nitrogens is 1. The predicted octanol–water partition coefficient (Wildman–Crippen LogP) is 3.08. The lowest BCUT2D eigenvalue weighted by Gasteiger charge is -2.38. The molecule has 0 unspecified atom stereocenters. The fraction of sp³-hybridized carbons (Fsp3) is 0.238. The van der Waals surface area contributed by atoms with Gasteiger partial charge in [0.25, 0.3) is 15.9 Å². The lowest BCUT2D eigenvalue weighted by molar-refractivity contribution is -0.0516. The molecule has 9 heteroatoms. The number of carbonyl (C=O) groups is 1. The summed E-state index contributed by atoms with van der Waals surface area (Å²) in [5.74, 6) is -0.123. The molecule has 3 aromatic rings. The molecular weight excluding hydrogens is 422 g/mol. The Balaban J connectivity index is 1.39. The first kappa shape index (κ1) is 19.2. The van der Waals surface area contributed by atoms with Crippen molar-refractivity contribution in [3.63, 3.8) is 0 Å². The number of amides is 1. The van der Waals surface area contributed by atoms with Crippen molar-refractivity contribution in [1.29, 1.82) is 0 Å². The number of nitrogens with zero attached hydrogens (tertiary/aromatic N) is 2. The van der Waals surface area contributed by atoms with Gasteiger partial charge in [0, 0.05) is 30.1 Å². The highest BCUT2D eigenvalue weighted by atomic mass is 32.2. The molecule has 2 aromatic carbocycles. The molecule has 1 N–H and O–H groups in total. The van der Waals surface area contributed by atoms with Gasteiger partial charge in [-0.2, -0.15) is 0 Å². The zero-order chi connectivity index (χ0) is 20.7. The summed E-state index contributed by atoms with van der Waals surface area (Å²) in [7, 11) is -3.75. The average molecular weight is 442 g/mol. The molecule has 1 saturated heterocycles. The second-order valence-corrected chi connectivity index (χ2v) is 9.80. The van der Waals surface area contributed by atoms with Crippen LogP contribution in [0, 0.1) is 0 Å². The fourth-order valence-corrected chi connectivity index (χ4v) is 5.90. The largest absolute Gasteiger partial charge is 0.374 e. The van der Waals surface area contributed by atoms with Gasteiger partial charge in [-0.15, -0.1) is 11.3 Å². The summed E-state index contributed by atoms with van der Waals surface area (Å²) in [6.45, 7) is 0.991. The molecule has 1 aliphatic carbocycles. The first-order chi connectivity index (χ1) is 14.5. The zero-order valence-electron chi connectivity index (χ0n) is 15.9. The Morgan fingerprint density at radius 1 is 1.17 bits per heavy atom. The van der Waals surface area contributed by atoms with Crippen molar-refractivity contribution < 1.29 is 17.9 Å². The van der Waals surface area contributed by atoms with E-state index >= 15 is 0 Å². The van der Waals surface area contributed by atoms with Gasteiger partial charge in [0.1, 0.15) is 0 Å². The van der Waals surface area contributed by atoms with Crippen LogP contribution in [0.2, 0.25) is 0 Å². The molecule has 0 saturated carbocycles. The topological polar surface area (TPSA) is 88.6 Å². The molecule has 2 atom stereocenters. The van der Waals surface area contributed by atoms with Gasteiger partial charge in [-0.25, -0.2) is 13.4 Å². The molecule has 0 bridgehead atoms. The van der Waals surface area contributed by atoms with Crippen LogP contribution >= 0.6 is 11.3 Å². The summed E-state index contributed by atoms with van der Waals surface area (Å²) in [5, 5.41) is 1.99. The standard InChI is InChI=1S/C21H19N3O4S2/c25-20(24-10-11-28-18-13-15-3-1-2-4-17(15)19(18)24)14-5-7-16(8-6-14)30(26,27)23-21-22-9-12-29-21/h1-9,12,18-19H,10-11,13H2,(H,22,23)/t18-,19+/m0/s1. The Bertz CT molecular complexity index is 1180. The molecular formula is C21H19N3O4S2. The monoisotopic (exact) mass is 441 g/mol. The van der Waals surface area contributed by atoms with E-state index in [1.807, 2.05) is 17.0 Å². The smallest absolute Gasteiger partial charge is 0.263 e. The Kier molecular flexibility index (Phi) is 4.80. The van der Waals surface area contributed by atoms with Gasteiger partial charge in [0.05, 0.1) is 23.6 Å². The van der Waals surface area contributed by atoms with Crippen molar-refractivity contribution in [2.45, 2.75) is 23.5 Å². The van der Waals surface area contributed by atoms with E-state index in [0.29, 0.717) is 23.8 Å². The number of ether oxygens (including phenoxy) is 1. The quantitative estimate of drug-likeness (QED) is 0.672. The van der Waals surface area contributed by atoms with Crippen molar-refractivity contribution >= 4 is 32.4 Å². The Morgan fingerprint density at radius 3 is 2.73 bits per heavy atom. The molecule has 0 radical (unpaired) electrons. The third-order valence-electron chi connectivity index (χ3n) is 5.47. The number of thiazole rings is 1. The molecule has 1 aliphatic heterocycles. The van der Waals surface area contributed by atoms with Crippen LogP contribution in [0.3, 0.4) is 0 Å². The summed E-state index contributed by atoms with van der Waals surface area (Å²) < 4.78 is 33.4. The molecule has 154 valence electrons. The minimum Gasteiger partial charge on any atom is -0.374 e. The maximum absolute atomic E-state index is 13.3. The average Bonchev–Trinajstić information content (AvgIpc) is 3.40. The van der Waals surface area contributed by atoms with Crippen LogP contribution in [0.4, 0.5) is 5.13 Å². The summed E-state index contributed by atoms with van der Waals surface area (Å²) in [6.07, 6.45) is 2.29. The second kappa shape index (κ2) is 7.50. The van der Waals surface area contributed by atoms with Gasteiger partial charge in [-0.3, -0.25) is 9.52 Å². The van der Waals surface area contributed by atoms with Crippen LogP contribution in [0.1, 0.15) is 27.5 Å². The minimum absolute atomic E-state index is 0.0396.